The highest BCUT2D eigenvalue weighted by molar-refractivity contribution is 7.13. The lowest BCUT2D eigenvalue weighted by atomic mass is 9.83. The quantitative estimate of drug-likeness (QED) is 0.400. The summed E-state index contributed by atoms with van der Waals surface area (Å²) in [4.78, 5) is 46.9. The Labute approximate surface area is 244 Å². The standard InChI is InChI=1S/C29H42N4O4S.C2H6/c1-9-29(7,8)27(37)32-24(28(4,5)6)26(36)33-15-21(34)14-22(33)25(35)31-17(2)19-10-12-20(13-11-19)23-18(3)30-16-38-23;1-2/h10-13,16-17,21-22,24,34H,9,14-15H2,1-8H3,(H,31,35)(H,32,37);1-2H3. The Morgan fingerprint density at radius 1 is 1.10 bits per heavy atom. The summed E-state index contributed by atoms with van der Waals surface area (Å²) in [7, 11) is 0. The molecule has 3 rings (SSSR count). The Kier molecular flexibility index (Phi) is 11.5. The molecule has 0 radical (unpaired) electrons. The van der Waals surface area contributed by atoms with Crippen molar-refractivity contribution in [2.45, 2.75) is 106 Å². The van der Waals surface area contributed by atoms with Gasteiger partial charge >= 0.3 is 0 Å². The fourth-order valence-corrected chi connectivity index (χ4v) is 5.31. The van der Waals surface area contributed by atoms with Crippen molar-refractivity contribution in [3.63, 3.8) is 0 Å². The number of aliphatic hydroxyl groups is 1. The zero-order valence-electron chi connectivity index (χ0n) is 25.8. The van der Waals surface area contributed by atoms with Crippen LogP contribution in [0.25, 0.3) is 10.4 Å². The summed E-state index contributed by atoms with van der Waals surface area (Å²) in [5.41, 5.74) is 3.60. The monoisotopic (exact) mass is 572 g/mol. The van der Waals surface area contributed by atoms with Crippen molar-refractivity contribution in [3.05, 3.63) is 41.0 Å². The molecule has 0 saturated carbocycles. The molecule has 2 heterocycles. The van der Waals surface area contributed by atoms with Crippen molar-refractivity contribution in [3.8, 4) is 10.4 Å². The van der Waals surface area contributed by atoms with E-state index in [1.807, 2.05) is 99.0 Å². The van der Waals surface area contributed by atoms with Crippen LogP contribution < -0.4 is 10.6 Å². The molecule has 8 nitrogen and oxygen atoms in total. The summed E-state index contributed by atoms with van der Waals surface area (Å²) in [5, 5.41) is 16.4. The second-order valence-electron chi connectivity index (χ2n) is 12.0. The smallest absolute Gasteiger partial charge is 0.246 e. The van der Waals surface area contributed by atoms with Gasteiger partial charge in [-0.05, 0) is 36.8 Å². The first-order chi connectivity index (χ1) is 18.7. The van der Waals surface area contributed by atoms with Gasteiger partial charge in [-0.2, -0.15) is 0 Å². The molecular weight excluding hydrogens is 524 g/mol. The molecule has 3 amide bonds. The maximum absolute atomic E-state index is 13.8. The average Bonchev–Trinajstić information content (AvgIpc) is 3.52. The van der Waals surface area contributed by atoms with E-state index in [-0.39, 0.29) is 36.7 Å². The lowest BCUT2D eigenvalue weighted by molar-refractivity contribution is -0.145. The molecule has 1 aromatic carbocycles. The number of aliphatic hydroxyl groups excluding tert-OH is 1. The third-order valence-corrected chi connectivity index (χ3v) is 8.51. The molecule has 222 valence electrons. The summed E-state index contributed by atoms with van der Waals surface area (Å²) in [6.45, 7) is 19.2. The molecule has 1 fully saturated rings. The number of amides is 3. The predicted molar refractivity (Wildman–Crippen MR) is 162 cm³/mol. The number of aromatic nitrogens is 1. The molecule has 1 aliphatic rings. The van der Waals surface area contributed by atoms with E-state index < -0.39 is 29.0 Å². The van der Waals surface area contributed by atoms with Crippen LogP contribution in [0.4, 0.5) is 0 Å². The minimum Gasteiger partial charge on any atom is -0.391 e. The second-order valence-corrected chi connectivity index (χ2v) is 12.9. The Hall–Kier alpha value is -2.78. The number of thiazole rings is 1. The van der Waals surface area contributed by atoms with Gasteiger partial charge in [0.2, 0.25) is 17.7 Å². The van der Waals surface area contributed by atoms with E-state index in [1.54, 1.807) is 11.3 Å². The van der Waals surface area contributed by atoms with Crippen molar-refractivity contribution in [1.29, 1.82) is 0 Å². The van der Waals surface area contributed by atoms with Crippen LogP contribution in [0.5, 0.6) is 0 Å². The first kappa shape index (κ1) is 33.4. The van der Waals surface area contributed by atoms with E-state index >= 15 is 0 Å². The number of likely N-dealkylation sites (tertiary alicyclic amines) is 1. The van der Waals surface area contributed by atoms with Crippen molar-refractivity contribution < 1.29 is 19.5 Å². The maximum atomic E-state index is 13.8. The Bertz CT molecular complexity index is 1150. The minimum atomic E-state index is -0.832. The fourth-order valence-electron chi connectivity index (χ4n) is 4.50. The number of nitrogens with one attached hydrogen (secondary N) is 2. The van der Waals surface area contributed by atoms with E-state index in [2.05, 4.69) is 15.6 Å². The van der Waals surface area contributed by atoms with Crippen LogP contribution in [0.3, 0.4) is 0 Å². The number of benzene rings is 1. The number of hydrogen-bond acceptors (Lipinski definition) is 6. The van der Waals surface area contributed by atoms with Gasteiger partial charge in [-0.1, -0.05) is 79.7 Å². The number of carbonyl (C=O) groups excluding carboxylic acids is 3. The molecule has 1 saturated heterocycles. The Morgan fingerprint density at radius 2 is 1.70 bits per heavy atom. The molecule has 1 aliphatic heterocycles. The number of carbonyl (C=O) groups is 3. The molecule has 0 spiro atoms. The van der Waals surface area contributed by atoms with Crippen LogP contribution in [0.15, 0.2) is 29.8 Å². The van der Waals surface area contributed by atoms with Crippen LogP contribution >= 0.6 is 11.3 Å². The van der Waals surface area contributed by atoms with E-state index in [4.69, 9.17) is 0 Å². The number of aryl methyl sites for hydroxylation is 1. The molecule has 4 unspecified atom stereocenters. The van der Waals surface area contributed by atoms with Crippen LogP contribution in [0.2, 0.25) is 0 Å². The van der Waals surface area contributed by atoms with Gasteiger partial charge in [0.1, 0.15) is 12.1 Å². The summed E-state index contributed by atoms with van der Waals surface area (Å²) in [6, 6.07) is 6.04. The normalized spacial score (nSPS) is 18.8. The number of hydrogen-bond donors (Lipinski definition) is 3. The molecule has 9 heteroatoms. The lowest BCUT2D eigenvalue weighted by Crippen LogP contribution is -2.59. The Morgan fingerprint density at radius 3 is 2.20 bits per heavy atom. The van der Waals surface area contributed by atoms with E-state index in [0.717, 1.165) is 21.7 Å². The fraction of sp³-hybridized carbons (Fsp3) is 0.613. The molecule has 4 atom stereocenters. The van der Waals surface area contributed by atoms with Gasteiger partial charge in [0.05, 0.1) is 28.2 Å². The topological polar surface area (TPSA) is 112 Å². The molecule has 0 aliphatic carbocycles. The average molecular weight is 573 g/mol. The van der Waals surface area contributed by atoms with Gasteiger partial charge < -0.3 is 20.6 Å². The third-order valence-electron chi connectivity index (χ3n) is 7.53. The molecular formula is C31H48N4O4S. The van der Waals surface area contributed by atoms with Crippen molar-refractivity contribution >= 4 is 29.1 Å². The van der Waals surface area contributed by atoms with Gasteiger partial charge in [-0.15, -0.1) is 11.3 Å². The number of rotatable bonds is 8. The molecule has 2 aromatic rings. The van der Waals surface area contributed by atoms with Gasteiger partial charge in [-0.25, -0.2) is 4.98 Å². The molecule has 1 aromatic heterocycles. The lowest BCUT2D eigenvalue weighted by Gasteiger charge is -2.37. The SMILES string of the molecule is CC.CCC(C)(C)C(=O)NC(C(=O)N1CC(O)CC1C(=O)NC(C)c1ccc(-c2scnc2C)cc1)C(C)(C)C. The predicted octanol–water partition coefficient (Wildman–Crippen LogP) is 5.25. The second kappa shape index (κ2) is 13.7. The summed E-state index contributed by atoms with van der Waals surface area (Å²) in [5.74, 6) is -0.886. The maximum Gasteiger partial charge on any atom is 0.246 e. The zero-order chi connectivity index (χ0) is 30.4. The zero-order valence-corrected chi connectivity index (χ0v) is 26.6. The van der Waals surface area contributed by atoms with Crippen LogP contribution in [-0.2, 0) is 14.4 Å². The highest BCUT2D eigenvalue weighted by Crippen LogP contribution is 2.30. The van der Waals surface area contributed by atoms with Gasteiger partial charge in [0.25, 0.3) is 0 Å². The molecule has 40 heavy (non-hydrogen) atoms. The van der Waals surface area contributed by atoms with Crippen LogP contribution in [0.1, 0.15) is 92.5 Å². The number of nitrogens with zero attached hydrogens (tertiary/aromatic N) is 2. The minimum absolute atomic E-state index is 0.0494. The highest BCUT2D eigenvalue weighted by atomic mass is 32.1. The Balaban J connectivity index is 0.00000274. The van der Waals surface area contributed by atoms with Crippen molar-refractivity contribution in [1.82, 2.24) is 20.5 Å². The van der Waals surface area contributed by atoms with Crippen molar-refractivity contribution in [2.75, 3.05) is 6.54 Å². The first-order valence-corrected chi connectivity index (χ1v) is 15.1. The number of β-amino-alcohol motifs (C(OH)–C–C–N with tert-alkyl or cyclic N) is 1. The third kappa shape index (κ3) is 7.91. The summed E-state index contributed by atoms with van der Waals surface area (Å²) in [6.07, 6.45) is -0.0329. The van der Waals surface area contributed by atoms with Crippen LogP contribution in [-0.4, -0.2) is 57.4 Å². The molecule has 0 bridgehead atoms. The van der Waals surface area contributed by atoms with E-state index in [9.17, 15) is 19.5 Å². The van der Waals surface area contributed by atoms with E-state index in [0.29, 0.717) is 6.42 Å². The summed E-state index contributed by atoms with van der Waals surface area (Å²) < 4.78 is 0. The highest BCUT2D eigenvalue weighted by Gasteiger charge is 2.45. The largest absolute Gasteiger partial charge is 0.391 e. The van der Waals surface area contributed by atoms with Crippen molar-refractivity contribution in [2.24, 2.45) is 10.8 Å². The van der Waals surface area contributed by atoms with Crippen LogP contribution in [0, 0.1) is 17.8 Å². The van der Waals surface area contributed by atoms with Gasteiger partial charge in [0.15, 0.2) is 0 Å². The molecule has 3 N–H and O–H groups in total. The van der Waals surface area contributed by atoms with Gasteiger partial charge in [0, 0.05) is 18.4 Å². The first-order valence-electron chi connectivity index (χ1n) is 14.3. The van der Waals surface area contributed by atoms with Gasteiger partial charge in [-0.3, -0.25) is 14.4 Å². The summed E-state index contributed by atoms with van der Waals surface area (Å²) >= 11 is 1.59. The van der Waals surface area contributed by atoms with E-state index in [1.165, 1.54) is 4.90 Å².